The number of thioether (sulfide) groups is 1. The van der Waals surface area contributed by atoms with E-state index in [9.17, 15) is 4.79 Å². The average Bonchev–Trinajstić information content (AvgIpc) is 2.90. The molecule has 0 aliphatic heterocycles. The quantitative estimate of drug-likeness (QED) is 0.612. The van der Waals surface area contributed by atoms with Gasteiger partial charge >= 0.3 is 5.97 Å². The van der Waals surface area contributed by atoms with Crippen LogP contribution >= 0.6 is 23.4 Å². The van der Waals surface area contributed by atoms with Crippen molar-refractivity contribution in [1.29, 1.82) is 0 Å². The van der Waals surface area contributed by atoms with Crippen LogP contribution in [0, 0.1) is 0 Å². The number of carbonyl (C=O) groups is 1. The molecule has 19 heavy (non-hydrogen) atoms. The molecule has 1 unspecified atom stereocenters. The van der Waals surface area contributed by atoms with E-state index in [2.05, 4.69) is 4.74 Å². The lowest BCUT2D eigenvalue weighted by Crippen LogP contribution is -1.98. The third-order valence-corrected chi connectivity index (χ3v) is 3.92. The summed E-state index contributed by atoms with van der Waals surface area (Å²) >= 11 is 7.47. The molecular weight excluding hydrogens is 284 g/mol. The fraction of sp³-hybridized carbons (Fsp3) is 0.214. The normalized spacial score (nSPS) is 12.2. The molecule has 0 amide bonds. The smallest absolute Gasteiger partial charge is 0.373 e. The predicted octanol–water partition coefficient (Wildman–Crippen LogP) is 4.57. The van der Waals surface area contributed by atoms with Crippen molar-refractivity contribution in [2.24, 2.45) is 0 Å². The monoisotopic (exact) mass is 296 g/mol. The molecule has 0 N–H and O–H groups in total. The van der Waals surface area contributed by atoms with Gasteiger partial charge in [-0.2, -0.15) is 0 Å². The lowest BCUT2D eigenvalue weighted by molar-refractivity contribution is 0.0563. The number of methoxy groups -OCH3 is 1. The Kier molecular flexibility index (Phi) is 4.56. The maximum Gasteiger partial charge on any atom is 0.373 e. The number of furan rings is 1. The maximum atomic E-state index is 11.3. The number of esters is 1. The molecule has 100 valence electrons. The van der Waals surface area contributed by atoms with Crippen LogP contribution in [0.25, 0.3) is 0 Å². The molecule has 1 aromatic carbocycles. The lowest BCUT2D eigenvalue weighted by Gasteiger charge is -2.08. The first kappa shape index (κ1) is 14.0. The molecule has 5 heteroatoms. The third kappa shape index (κ3) is 3.55. The van der Waals surface area contributed by atoms with Crippen molar-refractivity contribution in [2.75, 3.05) is 7.11 Å². The Labute approximate surface area is 120 Å². The van der Waals surface area contributed by atoms with Crippen molar-refractivity contribution in [2.45, 2.75) is 17.1 Å². The van der Waals surface area contributed by atoms with Gasteiger partial charge in [0.2, 0.25) is 5.76 Å². The summed E-state index contributed by atoms with van der Waals surface area (Å²) in [5.74, 6) is 0.497. The summed E-state index contributed by atoms with van der Waals surface area (Å²) < 4.78 is 10.1. The Hall–Kier alpha value is -1.39. The molecule has 2 rings (SSSR count). The molecule has 0 spiro atoms. The SMILES string of the molecule is COC(=O)c1ccc(C(C)Sc2ccc(Cl)cc2)o1. The van der Waals surface area contributed by atoms with Gasteiger partial charge in [0, 0.05) is 9.92 Å². The third-order valence-electron chi connectivity index (χ3n) is 2.54. The van der Waals surface area contributed by atoms with Crippen LogP contribution in [-0.4, -0.2) is 13.1 Å². The summed E-state index contributed by atoms with van der Waals surface area (Å²) in [5, 5.41) is 0.808. The number of ether oxygens (including phenoxy) is 1. The van der Waals surface area contributed by atoms with Crippen LogP contribution in [0.15, 0.2) is 45.7 Å². The minimum atomic E-state index is -0.463. The van der Waals surface area contributed by atoms with E-state index in [1.165, 1.54) is 7.11 Å². The second-order valence-corrected chi connectivity index (χ2v) is 5.76. The standard InChI is InChI=1S/C14H13ClO3S/c1-9(19-11-5-3-10(15)4-6-11)12-7-8-13(18-12)14(16)17-2/h3-9H,1-2H3. The Morgan fingerprint density at radius 2 is 1.95 bits per heavy atom. The molecule has 0 bridgehead atoms. The molecule has 0 saturated heterocycles. The minimum absolute atomic E-state index is 0.0968. The predicted molar refractivity (Wildman–Crippen MR) is 75.8 cm³/mol. The number of rotatable bonds is 4. The van der Waals surface area contributed by atoms with Gasteiger partial charge in [0.25, 0.3) is 0 Å². The summed E-state index contributed by atoms with van der Waals surface area (Å²) in [6.45, 7) is 2.01. The van der Waals surface area contributed by atoms with E-state index in [1.54, 1.807) is 23.9 Å². The second-order valence-electron chi connectivity index (χ2n) is 3.91. The topological polar surface area (TPSA) is 39.4 Å². The molecular formula is C14H13ClO3S. The zero-order valence-corrected chi connectivity index (χ0v) is 12.1. The van der Waals surface area contributed by atoms with Crippen molar-refractivity contribution in [3.63, 3.8) is 0 Å². The number of hydrogen-bond donors (Lipinski definition) is 0. The summed E-state index contributed by atoms with van der Waals surface area (Å²) in [7, 11) is 1.33. The minimum Gasteiger partial charge on any atom is -0.463 e. The van der Waals surface area contributed by atoms with E-state index in [1.807, 2.05) is 31.2 Å². The molecule has 0 saturated carbocycles. The maximum absolute atomic E-state index is 11.3. The molecule has 2 aromatic rings. The highest BCUT2D eigenvalue weighted by Crippen LogP contribution is 2.35. The van der Waals surface area contributed by atoms with Crippen LogP contribution in [0.1, 0.15) is 28.5 Å². The molecule has 0 aliphatic carbocycles. The van der Waals surface area contributed by atoms with E-state index in [-0.39, 0.29) is 11.0 Å². The van der Waals surface area contributed by atoms with Crippen LogP contribution in [0.3, 0.4) is 0 Å². The van der Waals surface area contributed by atoms with Crippen LogP contribution in [0.2, 0.25) is 5.02 Å². The summed E-state index contributed by atoms with van der Waals surface area (Å²) in [6.07, 6.45) is 0. The zero-order valence-electron chi connectivity index (χ0n) is 10.6. The highest BCUT2D eigenvalue weighted by molar-refractivity contribution is 7.99. The molecule has 0 fully saturated rings. The summed E-state index contributed by atoms with van der Waals surface area (Å²) in [6, 6.07) is 11.0. The highest BCUT2D eigenvalue weighted by Gasteiger charge is 2.16. The van der Waals surface area contributed by atoms with Gasteiger partial charge in [0.15, 0.2) is 0 Å². The fourth-order valence-electron chi connectivity index (χ4n) is 1.56. The second kappa shape index (κ2) is 6.17. The van der Waals surface area contributed by atoms with Crippen molar-refractivity contribution in [3.05, 3.63) is 52.9 Å². The van der Waals surface area contributed by atoms with Crippen LogP contribution in [0.5, 0.6) is 0 Å². The van der Waals surface area contributed by atoms with E-state index in [0.29, 0.717) is 5.02 Å². The highest BCUT2D eigenvalue weighted by atomic mass is 35.5. The van der Waals surface area contributed by atoms with E-state index >= 15 is 0 Å². The van der Waals surface area contributed by atoms with Crippen molar-refractivity contribution >= 4 is 29.3 Å². The van der Waals surface area contributed by atoms with Crippen LogP contribution in [-0.2, 0) is 4.74 Å². The first-order valence-electron chi connectivity index (χ1n) is 5.70. The van der Waals surface area contributed by atoms with Gasteiger partial charge in [-0.3, -0.25) is 0 Å². The van der Waals surface area contributed by atoms with Crippen LogP contribution < -0.4 is 0 Å². The van der Waals surface area contributed by atoms with E-state index < -0.39 is 5.97 Å². The molecule has 3 nitrogen and oxygen atoms in total. The molecule has 1 atom stereocenters. The molecule has 0 aliphatic rings. The summed E-state index contributed by atoms with van der Waals surface area (Å²) in [4.78, 5) is 12.4. The van der Waals surface area contributed by atoms with E-state index in [4.69, 9.17) is 16.0 Å². The summed E-state index contributed by atoms with van der Waals surface area (Å²) in [5.41, 5.74) is 0. The lowest BCUT2D eigenvalue weighted by atomic mass is 10.3. The largest absolute Gasteiger partial charge is 0.463 e. The Morgan fingerprint density at radius 1 is 1.26 bits per heavy atom. The first-order valence-corrected chi connectivity index (χ1v) is 6.96. The number of hydrogen-bond acceptors (Lipinski definition) is 4. The van der Waals surface area contributed by atoms with Gasteiger partial charge in [0.1, 0.15) is 5.76 Å². The number of halogens is 1. The van der Waals surface area contributed by atoms with Crippen molar-refractivity contribution in [3.8, 4) is 0 Å². The molecule has 1 heterocycles. The van der Waals surface area contributed by atoms with Gasteiger partial charge in [-0.05, 0) is 43.3 Å². The van der Waals surface area contributed by atoms with Crippen molar-refractivity contribution in [1.82, 2.24) is 0 Å². The number of benzene rings is 1. The van der Waals surface area contributed by atoms with E-state index in [0.717, 1.165) is 10.7 Å². The molecule has 1 aromatic heterocycles. The van der Waals surface area contributed by atoms with Gasteiger partial charge in [0.05, 0.1) is 12.4 Å². The zero-order chi connectivity index (χ0) is 13.8. The average molecular weight is 297 g/mol. The Balaban J connectivity index is 2.07. The molecule has 0 radical (unpaired) electrons. The van der Waals surface area contributed by atoms with Crippen molar-refractivity contribution < 1.29 is 13.9 Å². The van der Waals surface area contributed by atoms with Gasteiger partial charge in [-0.15, -0.1) is 11.8 Å². The Morgan fingerprint density at radius 3 is 2.58 bits per heavy atom. The van der Waals surface area contributed by atoms with Gasteiger partial charge in [-0.1, -0.05) is 11.6 Å². The number of carbonyl (C=O) groups excluding carboxylic acids is 1. The fourth-order valence-corrected chi connectivity index (χ4v) is 2.63. The van der Waals surface area contributed by atoms with Gasteiger partial charge in [-0.25, -0.2) is 4.79 Å². The van der Waals surface area contributed by atoms with Crippen LogP contribution in [0.4, 0.5) is 0 Å². The first-order chi connectivity index (χ1) is 9.10. The Bertz CT molecular complexity index is 562. The van der Waals surface area contributed by atoms with Gasteiger partial charge < -0.3 is 9.15 Å².